The number of nitrogens with one attached hydrogen (secondary N) is 1. The molecule has 0 unspecified atom stereocenters. The summed E-state index contributed by atoms with van der Waals surface area (Å²) in [5.41, 5.74) is 8.76. The predicted molar refractivity (Wildman–Crippen MR) is 66.6 cm³/mol. The molecule has 0 fully saturated rings. The Morgan fingerprint density at radius 1 is 1.50 bits per heavy atom. The van der Waals surface area contributed by atoms with Crippen LogP contribution in [0.2, 0.25) is 0 Å². The first-order valence-electron chi connectivity index (χ1n) is 4.55. The molecule has 1 rings (SSSR count). The summed E-state index contributed by atoms with van der Waals surface area (Å²) in [6.45, 7) is 4.84. The van der Waals surface area contributed by atoms with E-state index in [2.05, 4.69) is 27.3 Å². The van der Waals surface area contributed by atoms with Crippen molar-refractivity contribution >= 4 is 27.3 Å². The van der Waals surface area contributed by atoms with Gasteiger partial charge < -0.3 is 11.1 Å². The Morgan fingerprint density at radius 3 is 2.86 bits per heavy atom. The maximum atomic E-state index is 5.77. The van der Waals surface area contributed by atoms with E-state index >= 15 is 0 Å². The van der Waals surface area contributed by atoms with Gasteiger partial charge in [-0.25, -0.2) is 0 Å². The number of anilines is 2. The number of rotatable bonds is 3. The van der Waals surface area contributed by atoms with Crippen molar-refractivity contribution in [2.75, 3.05) is 17.6 Å². The van der Waals surface area contributed by atoms with E-state index < -0.39 is 0 Å². The Kier molecular flexibility index (Phi) is 4.01. The zero-order chi connectivity index (χ0) is 10.6. The molecular formula is C11H15BrN2. The van der Waals surface area contributed by atoms with Crippen LogP contribution in [0.15, 0.2) is 28.8 Å². The standard InChI is InChI=1S/C11H15BrN2/c1-3-4-5-14-11-6-8(2)10(13)7-9(11)12/h3-4,6-7,14H,5,13H2,1-2H3/b4-3+. The summed E-state index contributed by atoms with van der Waals surface area (Å²) in [5.74, 6) is 0. The minimum atomic E-state index is 0.813. The third kappa shape index (κ3) is 2.77. The molecule has 1 aromatic carbocycles. The van der Waals surface area contributed by atoms with Gasteiger partial charge in [-0.2, -0.15) is 0 Å². The molecule has 0 amide bonds. The molecule has 0 radical (unpaired) electrons. The van der Waals surface area contributed by atoms with Crippen LogP contribution < -0.4 is 11.1 Å². The Hall–Kier alpha value is -0.960. The topological polar surface area (TPSA) is 38.0 Å². The van der Waals surface area contributed by atoms with E-state index in [9.17, 15) is 0 Å². The molecule has 0 spiro atoms. The van der Waals surface area contributed by atoms with Gasteiger partial charge in [0.2, 0.25) is 0 Å². The van der Waals surface area contributed by atoms with Gasteiger partial charge in [0.15, 0.2) is 0 Å². The van der Waals surface area contributed by atoms with Crippen LogP contribution in [-0.4, -0.2) is 6.54 Å². The number of aryl methyl sites for hydroxylation is 1. The fourth-order valence-electron chi connectivity index (χ4n) is 1.12. The lowest BCUT2D eigenvalue weighted by atomic mass is 10.2. The third-order valence-corrected chi connectivity index (χ3v) is 2.66. The smallest absolute Gasteiger partial charge is 0.0491 e. The first-order chi connectivity index (χ1) is 6.65. The Balaban J connectivity index is 2.81. The minimum Gasteiger partial charge on any atom is -0.398 e. The van der Waals surface area contributed by atoms with Crippen molar-refractivity contribution in [3.8, 4) is 0 Å². The molecule has 76 valence electrons. The van der Waals surface area contributed by atoms with E-state index in [-0.39, 0.29) is 0 Å². The minimum absolute atomic E-state index is 0.813. The van der Waals surface area contributed by atoms with Gasteiger partial charge in [-0.3, -0.25) is 0 Å². The number of nitrogen functional groups attached to an aromatic ring is 1. The van der Waals surface area contributed by atoms with Gasteiger partial charge in [0.25, 0.3) is 0 Å². The van der Waals surface area contributed by atoms with E-state index in [0.717, 1.165) is 28.0 Å². The second-order valence-corrected chi connectivity index (χ2v) is 3.99. The van der Waals surface area contributed by atoms with Crippen molar-refractivity contribution in [2.45, 2.75) is 13.8 Å². The SMILES string of the molecule is C/C=C/CNc1cc(C)c(N)cc1Br. The third-order valence-electron chi connectivity index (χ3n) is 2.00. The summed E-state index contributed by atoms with van der Waals surface area (Å²) >= 11 is 3.47. The first-order valence-corrected chi connectivity index (χ1v) is 5.35. The van der Waals surface area contributed by atoms with Crippen molar-refractivity contribution < 1.29 is 0 Å². The number of halogens is 1. The highest BCUT2D eigenvalue weighted by Gasteiger charge is 2.01. The van der Waals surface area contributed by atoms with Crippen molar-refractivity contribution in [1.29, 1.82) is 0 Å². The second kappa shape index (κ2) is 5.05. The molecule has 0 heterocycles. The highest BCUT2D eigenvalue weighted by atomic mass is 79.9. The molecular weight excluding hydrogens is 240 g/mol. The largest absolute Gasteiger partial charge is 0.398 e. The van der Waals surface area contributed by atoms with Crippen LogP contribution in [0.3, 0.4) is 0 Å². The molecule has 0 aliphatic heterocycles. The van der Waals surface area contributed by atoms with Gasteiger partial charge >= 0.3 is 0 Å². The molecule has 0 aliphatic rings. The summed E-state index contributed by atoms with van der Waals surface area (Å²) in [6, 6.07) is 3.97. The van der Waals surface area contributed by atoms with Crippen LogP contribution in [0, 0.1) is 6.92 Å². The van der Waals surface area contributed by atoms with E-state index in [4.69, 9.17) is 5.73 Å². The number of hydrogen-bond acceptors (Lipinski definition) is 2. The van der Waals surface area contributed by atoms with Gasteiger partial charge in [0.1, 0.15) is 0 Å². The van der Waals surface area contributed by atoms with E-state index in [0.29, 0.717) is 0 Å². The molecule has 0 aromatic heterocycles. The van der Waals surface area contributed by atoms with Crippen molar-refractivity contribution in [3.05, 3.63) is 34.3 Å². The number of allylic oxidation sites excluding steroid dienone is 1. The molecule has 14 heavy (non-hydrogen) atoms. The van der Waals surface area contributed by atoms with Crippen molar-refractivity contribution in [1.82, 2.24) is 0 Å². The van der Waals surface area contributed by atoms with Crippen molar-refractivity contribution in [2.24, 2.45) is 0 Å². The summed E-state index contributed by atoms with van der Waals surface area (Å²) in [5, 5.41) is 3.29. The second-order valence-electron chi connectivity index (χ2n) is 3.14. The fraction of sp³-hybridized carbons (Fsp3) is 0.273. The van der Waals surface area contributed by atoms with Crippen LogP contribution in [0.25, 0.3) is 0 Å². The quantitative estimate of drug-likeness (QED) is 0.642. The predicted octanol–water partition coefficient (Wildman–Crippen LogP) is 3.33. The summed E-state index contributed by atoms with van der Waals surface area (Å²) in [6.07, 6.45) is 4.09. The zero-order valence-corrected chi connectivity index (χ0v) is 10.1. The number of nitrogens with two attached hydrogens (primary N) is 1. The summed E-state index contributed by atoms with van der Waals surface area (Å²) in [7, 11) is 0. The average Bonchev–Trinajstić information content (AvgIpc) is 2.14. The van der Waals surface area contributed by atoms with E-state index in [1.165, 1.54) is 0 Å². The molecule has 0 atom stereocenters. The molecule has 0 bridgehead atoms. The van der Waals surface area contributed by atoms with Crippen LogP contribution in [-0.2, 0) is 0 Å². The van der Waals surface area contributed by atoms with Crippen LogP contribution >= 0.6 is 15.9 Å². The lowest BCUT2D eigenvalue weighted by molar-refractivity contribution is 1.30. The zero-order valence-electron chi connectivity index (χ0n) is 8.47. The van der Waals surface area contributed by atoms with E-state index in [1.54, 1.807) is 0 Å². The number of hydrogen-bond donors (Lipinski definition) is 2. The van der Waals surface area contributed by atoms with Gasteiger partial charge in [-0.15, -0.1) is 0 Å². The monoisotopic (exact) mass is 254 g/mol. The molecule has 0 aliphatic carbocycles. The molecule has 2 nitrogen and oxygen atoms in total. The molecule has 3 N–H and O–H groups in total. The van der Waals surface area contributed by atoms with Gasteiger partial charge in [-0.1, -0.05) is 12.2 Å². The molecule has 1 aromatic rings. The van der Waals surface area contributed by atoms with Crippen LogP contribution in [0.1, 0.15) is 12.5 Å². The van der Waals surface area contributed by atoms with Crippen molar-refractivity contribution in [3.63, 3.8) is 0 Å². The highest BCUT2D eigenvalue weighted by Crippen LogP contribution is 2.27. The maximum absolute atomic E-state index is 5.77. The normalized spacial score (nSPS) is 10.8. The van der Waals surface area contributed by atoms with Gasteiger partial charge in [-0.05, 0) is 47.5 Å². The lowest BCUT2D eigenvalue weighted by Crippen LogP contribution is -2.00. The Bertz CT molecular complexity index is 345. The maximum Gasteiger partial charge on any atom is 0.0491 e. The summed E-state index contributed by atoms with van der Waals surface area (Å²) in [4.78, 5) is 0. The number of benzene rings is 1. The molecule has 0 saturated carbocycles. The van der Waals surface area contributed by atoms with E-state index in [1.807, 2.05) is 32.1 Å². The van der Waals surface area contributed by atoms with Crippen LogP contribution in [0.4, 0.5) is 11.4 Å². The fourth-order valence-corrected chi connectivity index (χ4v) is 1.62. The van der Waals surface area contributed by atoms with Gasteiger partial charge in [0.05, 0.1) is 0 Å². The average molecular weight is 255 g/mol. The van der Waals surface area contributed by atoms with Gasteiger partial charge in [0, 0.05) is 22.4 Å². The lowest BCUT2D eigenvalue weighted by Gasteiger charge is -2.09. The van der Waals surface area contributed by atoms with Crippen LogP contribution in [0.5, 0.6) is 0 Å². The molecule has 0 saturated heterocycles. The Morgan fingerprint density at radius 2 is 2.21 bits per heavy atom. The first kappa shape index (κ1) is 11.1. The summed E-state index contributed by atoms with van der Waals surface area (Å²) < 4.78 is 1.00. The molecule has 3 heteroatoms. The highest BCUT2D eigenvalue weighted by molar-refractivity contribution is 9.10. The Labute approximate surface area is 93.3 Å².